The molecule has 1 fully saturated rings. The third-order valence-electron chi connectivity index (χ3n) is 3.20. The van der Waals surface area contributed by atoms with E-state index in [9.17, 15) is 4.79 Å². The minimum Gasteiger partial charge on any atom is -0.335 e. The second-order valence-corrected chi connectivity index (χ2v) is 5.04. The van der Waals surface area contributed by atoms with Gasteiger partial charge in [-0.05, 0) is 50.3 Å². The van der Waals surface area contributed by atoms with Crippen LogP contribution in [0.25, 0.3) is 0 Å². The summed E-state index contributed by atoms with van der Waals surface area (Å²) >= 11 is 5.99. The van der Waals surface area contributed by atoms with Crippen molar-refractivity contribution in [3.63, 3.8) is 0 Å². The van der Waals surface area contributed by atoms with E-state index in [0.717, 1.165) is 11.3 Å². The predicted molar refractivity (Wildman–Crippen MR) is 70.5 cm³/mol. The lowest BCUT2D eigenvalue weighted by Crippen LogP contribution is -2.37. The molecule has 0 aliphatic heterocycles. The first-order valence-corrected chi connectivity index (χ1v) is 6.28. The van der Waals surface area contributed by atoms with Gasteiger partial charge in [0.05, 0.1) is 0 Å². The third kappa shape index (κ3) is 3.13. The summed E-state index contributed by atoms with van der Waals surface area (Å²) in [6.07, 6.45) is 2.44. The fraction of sp³-hybridized carbons (Fsp3) is 0.462. The third-order valence-corrected chi connectivity index (χ3v) is 3.61. The highest BCUT2D eigenvalue weighted by Crippen LogP contribution is 2.32. The van der Waals surface area contributed by atoms with Crippen molar-refractivity contribution in [1.29, 1.82) is 0 Å². The molecule has 1 saturated carbocycles. The van der Waals surface area contributed by atoms with Crippen LogP contribution < -0.4 is 10.6 Å². The normalized spacial score (nSPS) is 16.4. The van der Waals surface area contributed by atoms with Crippen LogP contribution in [-0.4, -0.2) is 12.1 Å². The van der Waals surface area contributed by atoms with Crippen LogP contribution in [-0.2, 0) is 0 Å². The molecule has 2 amide bonds. The number of nitrogens with one attached hydrogen (secondary N) is 2. The zero-order valence-electron chi connectivity index (χ0n) is 10.1. The molecular formula is C13H17ClN2O. The van der Waals surface area contributed by atoms with Crippen molar-refractivity contribution >= 4 is 23.3 Å². The summed E-state index contributed by atoms with van der Waals surface area (Å²) < 4.78 is 0. The van der Waals surface area contributed by atoms with E-state index >= 15 is 0 Å². The molecule has 17 heavy (non-hydrogen) atoms. The zero-order valence-corrected chi connectivity index (χ0v) is 10.8. The number of rotatable bonds is 3. The standard InChI is InChI=1S/C13H17ClN2O/c1-8-11(14)4-3-5-12(8)16-13(17)15-9(2)10-6-7-10/h3-5,9-10H,6-7H2,1-2H3,(H2,15,16,17). The van der Waals surface area contributed by atoms with Crippen molar-refractivity contribution in [3.8, 4) is 0 Å². The Bertz CT molecular complexity index is 429. The molecule has 0 bridgehead atoms. The van der Waals surface area contributed by atoms with Crippen molar-refractivity contribution in [2.75, 3.05) is 5.32 Å². The Balaban J connectivity index is 1.95. The van der Waals surface area contributed by atoms with Gasteiger partial charge >= 0.3 is 6.03 Å². The topological polar surface area (TPSA) is 41.1 Å². The predicted octanol–water partition coefficient (Wildman–Crippen LogP) is 3.57. The molecule has 1 aromatic carbocycles. The molecule has 0 heterocycles. The highest BCUT2D eigenvalue weighted by Gasteiger charge is 2.28. The van der Waals surface area contributed by atoms with Crippen LogP contribution in [0.15, 0.2) is 18.2 Å². The number of carbonyl (C=O) groups excluding carboxylic acids is 1. The average molecular weight is 253 g/mol. The number of anilines is 1. The van der Waals surface area contributed by atoms with Crippen LogP contribution in [0.4, 0.5) is 10.5 Å². The number of amides is 2. The summed E-state index contributed by atoms with van der Waals surface area (Å²) in [5.41, 5.74) is 1.65. The summed E-state index contributed by atoms with van der Waals surface area (Å²) in [5.74, 6) is 0.654. The second-order valence-electron chi connectivity index (χ2n) is 4.64. The summed E-state index contributed by atoms with van der Waals surface area (Å²) in [6, 6.07) is 5.58. The molecule has 1 aliphatic rings. The van der Waals surface area contributed by atoms with Gasteiger partial charge in [0.1, 0.15) is 0 Å². The molecular weight excluding hydrogens is 236 g/mol. The number of carbonyl (C=O) groups is 1. The molecule has 4 heteroatoms. The van der Waals surface area contributed by atoms with Gasteiger partial charge in [-0.15, -0.1) is 0 Å². The number of halogens is 1. The van der Waals surface area contributed by atoms with E-state index in [-0.39, 0.29) is 12.1 Å². The minimum atomic E-state index is -0.158. The van der Waals surface area contributed by atoms with Crippen molar-refractivity contribution in [3.05, 3.63) is 28.8 Å². The number of benzene rings is 1. The van der Waals surface area contributed by atoms with Gasteiger partial charge in [-0.3, -0.25) is 0 Å². The first-order chi connectivity index (χ1) is 8.08. The van der Waals surface area contributed by atoms with Crippen LogP contribution in [0.5, 0.6) is 0 Å². The molecule has 1 unspecified atom stereocenters. The SMILES string of the molecule is Cc1c(Cl)cccc1NC(=O)NC(C)C1CC1. The Kier molecular flexibility index (Phi) is 3.57. The molecule has 1 atom stereocenters. The molecule has 0 saturated heterocycles. The lowest BCUT2D eigenvalue weighted by molar-refractivity contribution is 0.248. The highest BCUT2D eigenvalue weighted by molar-refractivity contribution is 6.31. The van der Waals surface area contributed by atoms with Crippen LogP contribution in [0, 0.1) is 12.8 Å². The molecule has 2 rings (SSSR count). The molecule has 0 aromatic heterocycles. The maximum absolute atomic E-state index is 11.8. The lowest BCUT2D eigenvalue weighted by atomic mass is 10.2. The van der Waals surface area contributed by atoms with E-state index in [1.165, 1.54) is 12.8 Å². The Morgan fingerprint density at radius 2 is 2.18 bits per heavy atom. The van der Waals surface area contributed by atoms with Crippen molar-refractivity contribution in [1.82, 2.24) is 5.32 Å². The lowest BCUT2D eigenvalue weighted by Gasteiger charge is -2.15. The molecule has 0 radical (unpaired) electrons. The van der Waals surface area contributed by atoms with Gasteiger partial charge in [0, 0.05) is 16.8 Å². The van der Waals surface area contributed by atoms with E-state index in [0.29, 0.717) is 10.9 Å². The van der Waals surface area contributed by atoms with Gasteiger partial charge in [-0.1, -0.05) is 17.7 Å². The molecule has 0 spiro atoms. The summed E-state index contributed by atoms with van der Waals surface area (Å²) in [7, 11) is 0. The smallest absolute Gasteiger partial charge is 0.319 e. The highest BCUT2D eigenvalue weighted by atomic mass is 35.5. The maximum atomic E-state index is 11.8. The fourth-order valence-electron chi connectivity index (χ4n) is 1.82. The number of urea groups is 1. The van der Waals surface area contributed by atoms with E-state index in [2.05, 4.69) is 10.6 Å². The van der Waals surface area contributed by atoms with Crippen molar-refractivity contribution < 1.29 is 4.79 Å². The summed E-state index contributed by atoms with van der Waals surface area (Å²) in [4.78, 5) is 11.8. The summed E-state index contributed by atoms with van der Waals surface area (Å²) in [5, 5.41) is 6.44. The molecule has 1 aliphatic carbocycles. The monoisotopic (exact) mass is 252 g/mol. The number of hydrogen-bond acceptors (Lipinski definition) is 1. The first-order valence-electron chi connectivity index (χ1n) is 5.90. The molecule has 92 valence electrons. The van der Waals surface area contributed by atoms with E-state index < -0.39 is 0 Å². The Morgan fingerprint density at radius 3 is 2.82 bits per heavy atom. The second kappa shape index (κ2) is 4.96. The fourth-order valence-corrected chi connectivity index (χ4v) is 2.00. The Morgan fingerprint density at radius 1 is 1.47 bits per heavy atom. The quantitative estimate of drug-likeness (QED) is 0.848. The first kappa shape index (κ1) is 12.2. The van der Waals surface area contributed by atoms with Crippen molar-refractivity contribution in [2.45, 2.75) is 32.7 Å². The van der Waals surface area contributed by atoms with Gasteiger partial charge in [0.25, 0.3) is 0 Å². The average Bonchev–Trinajstić information content (AvgIpc) is 3.08. The Hall–Kier alpha value is -1.22. The van der Waals surface area contributed by atoms with E-state index in [1.807, 2.05) is 32.0 Å². The largest absolute Gasteiger partial charge is 0.335 e. The minimum absolute atomic E-state index is 0.158. The van der Waals surface area contributed by atoms with Crippen LogP contribution in [0.2, 0.25) is 5.02 Å². The summed E-state index contributed by atoms with van der Waals surface area (Å²) in [6.45, 7) is 3.93. The zero-order chi connectivity index (χ0) is 12.4. The van der Waals surface area contributed by atoms with Gasteiger partial charge in [-0.2, -0.15) is 0 Å². The van der Waals surface area contributed by atoms with E-state index in [4.69, 9.17) is 11.6 Å². The van der Waals surface area contributed by atoms with Gasteiger partial charge < -0.3 is 10.6 Å². The Labute approximate surface area is 107 Å². The maximum Gasteiger partial charge on any atom is 0.319 e. The van der Waals surface area contributed by atoms with Crippen LogP contribution in [0.3, 0.4) is 0 Å². The van der Waals surface area contributed by atoms with E-state index in [1.54, 1.807) is 0 Å². The van der Waals surface area contributed by atoms with Gasteiger partial charge in [0.15, 0.2) is 0 Å². The van der Waals surface area contributed by atoms with Crippen molar-refractivity contribution in [2.24, 2.45) is 5.92 Å². The number of hydrogen-bond donors (Lipinski definition) is 2. The van der Waals surface area contributed by atoms with Crippen LogP contribution >= 0.6 is 11.6 Å². The van der Waals surface area contributed by atoms with Crippen LogP contribution in [0.1, 0.15) is 25.3 Å². The van der Waals surface area contributed by atoms with Gasteiger partial charge in [-0.25, -0.2) is 4.79 Å². The molecule has 2 N–H and O–H groups in total. The molecule has 3 nitrogen and oxygen atoms in total. The molecule has 1 aromatic rings. The van der Waals surface area contributed by atoms with Gasteiger partial charge in [0.2, 0.25) is 0 Å².